The predicted molar refractivity (Wildman–Crippen MR) is 75.3 cm³/mol. The summed E-state index contributed by atoms with van der Waals surface area (Å²) in [5.41, 5.74) is 1.76. The molecule has 4 nitrogen and oxygen atoms in total. The Labute approximate surface area is 112 Å². The van der Waals surface area contributed by atoms with Gasteiger partial charge in [-0.25, -0.2) is 0 Å². The van der Waals surface area contributed by atoms with Crippen LogP contribution >= 0.6 is 0 Å². The Kier molecular flexibility index (Phi) is 3.17. The summed E-state index contributed by atoms with van der Waals surface area (Å²) in [6.07, 6.45) is 1.72. The Bertz CT molecular complexity index is 618. The van der Waals surface area contributed by atoms with Crippen molar-refractivity contribution in [2.24, 2.45) is 0 Å². The number of nitrogens with one attached hydrogen (secondary N) is 1. The number of rotatable bonds is 1. The van der Waals surface area contributed by atoms with E-state index in [-0.39, 0.29) is 5.91 Å². The molecule has 0 atom stereocenters. The Morgan fingerprint density at radius 3 is 2.84 bits per heavy atom. The molecule has 1 amide bonds. The van der Waals surface area contributed by atoms with Crippen LogP contribution in [0.3, 0.4) is 0 Å². The van der Waals surface area contributed by atoms with Crippen molar-refractivity contribution in [2.75, 3.05) is 26.2 Å². The number of fused-ring (bicyclic) bond motifs is 1. The maximum atomic E-state index is 12.5. The fraction of sp³-hybridized carbons (Fsp3) is 0.333. The lowest BCUT2D eigenvalue weighted by Gasteiger charge is -2.27. The highest BCUT2D eigenvalue weighted by Gasteiger charge is 2.20. The lowest BCUT2D eigenvalue weighted by Crippen LogP contribution is -2.46. The molecule has 98 valence electrons. The number of hydrogen-bond acceptors (Lipinski definition) is 3. The number of carbonyl (C=O) groups is 1. The second-order valence-corrected chi connectivity index (χ2v) is 4.93. The maximum absolute atomic E-state index is 12.5. The van der Waals surface area contributed by atoms with Gasteiger partial charge in [0.1, 0.15) is 5.69 Å². The quantitative estimate of drug-likeness (QED) is 0.841. The summed E-state index contributed by atoms with van der Waals surface area (Å²) in [5.74, 6) is 0.0379. The molecule has 0 aliphatic carbocycles. The normalized spacial score (nSPS) is 15.7. The molecule has 0 radical (unpaired) electrons. The number of carbonyl (C=O) groups excluding carboxylic acids is 1. The summed E-state index contributed by atoms with van der Waals surface area (Å²) in [7, 11) is 0. The number of nitrogens with zero attached hydrogens (tertiary/aromatic N) is 2. The van der Waals surface area contributed by atoms with Gasteiger partial charge in [-0.05, 0) is 18.4 Å². The standard InChI is InChI=1S/C15H17N3O/c1-11-2-3-13-12(10-11)4-5-17-14(13)15(19)18-8-6-16-7-9-18/h2-5,10,16H,6-9H2,1H3. The zero-order valence-corrected chi connectivity index (χ0v) is 11.0. The Morgan fingerprint density at radius 2 is 2.05 bits per heavy atom. The topological polar surface area (TPSA) is 45.2 Å². The summed E-state index contributed by atoms with van der Waals surface area (Å²) in [6.45, 7) is 5.27. The number of aromatic nitrogens is 1. The fourth-order valence-electron chi connectivity index (χ4n) is 2.49. The molecule has 1 aromatic heterocycles. The van der Waals surface area contributed by atoms with Crippen molar-refractivity contribution in [3.8, 4) is 0 Å². The van der Waals surface area contributed by atoms with E-state index in [1.54, 1.807) is 6.20 Å². The van der Waals surface area contributed by atoms with Crippen molar-refractivity contribution in [3.63, 3.8) is 0 Å². The molecule has 1 aromatic carbocycles. The third kappa shape index (κ3) is 2.31. The predicted octanol–water partition coefficient (Wildman–Crippen LogP) is 1.59. The second kappa shape index (κ2) is 4.97. The molecular formula is C15H17N3O. The van der Waals surface area contributed by atoms with Gasteiger partial charge < -0.3 is 10.2 Å². The number of amides is 1. The Hall–Kier alpha value is -1.94. The van der Waals surface area contributed by atoms with Crippen molar-refractivity contribution < 1.29 is 4.79 Å². The number of benzene rings is 1. The Morgan fingerprint density at radius 1 is 1.26 bits per heavy atom. The first-order chi connectivity index (χ1) is 9.25. The summed E-state index contributed by atoms with van der Waals surface area (Å²) in [6, 6.07) is 8.06. The van der Waals surface area contributed by atoms with E-state index in [0.717, 1.165) is 37.0 Å². The van der Waals surface area contributed by atoms with Gasteiger partial charge in [0.15, 0.2) is 0 Å². The molecule has 3 rings (SSSR count). The van der Waals surface area contributed by atoms with Crippen LogP contribution in [-0.2, 0) is 0 Å². The van der Waals surface area contributed by atoms with E-state index in [0.29, 0.717) is 5.69 Å². The van der Waals surface area contributed by atoms with E-state index < -0.39 is 0 Å². The summed E-state index contributed by atoms with van der Waals surface area (Å²) in [4.78, 5) is 18.7. The van der Waals surface area contributed by atoms with Crippen molar-refractivity contribution in [1.29, 1.82) is 0 Å². The molecule has 1 aliphatic rings. The van der Waals surface area contributed by atoms with Gasteiger partial charge in [-0.1, -0.05) is 23.8 Å². The number of hydrogen-bond donors (Lipinski definition) is 1. The monoisotopic (exact) mass is 255 g/mol. The molecule has 19 heavy (non-hydrogen) atoms. The average Bonchev–Trinajstić information content (AvgIpc) is 2.46. The van der Waals surface area contributed by atoms with E-state index in [1.165, 1.54) is 5.56 Å². The molecule has 0 spiro atoms. The molecule has 2 heterocycles. The highest BCUT2D eigenvalue weighted by atomic mass is 16.2. The zero-order valence-electron chi connectivity index (χ0n) is 11.0. The number of piperazine rings is 1. The minimum atomic E-state index is 0.0379. The Balaban J connectivity index is 2.02. The van der Waals surface area contributed by atoms with Gasteiger partial charge in [0.2, 0.25) is 0 Å². The van der Waals surface area contributed by atoms with Crippen LogP contribution in [0.15, 0.2) is 30.5 Å². The van der Waals surface area contributed by atoms with Gasteiger partial charge in [-0.3, -0.25) is 9.78 Å². The molecule has 1 N–H and O–H groups in total. The van der Waals surface area contributed by atoms with Crippen LogP contribution < -0.4 is 5.32 Å². The first kappa shape index (κ1) is 12.1. The van der Waals surface area contributed by atoms with E-state index in [9.17, 15) is 4.79 Å². The molecule has 1 fully saturated rings. The highest BCUT2D eigenvalue weighted by Crippen LogP contribution is 2.19. The average molecular weight is 255 g/mol. The highest BCUT2D eigenvalue weighted by molar-refractivity contribution is 6.05. The molecule has 0 saturated carbocycles. The van der Waals surface area contributed by atoms with E-state index in [1.807, 2.05) is 23.1 Å². The summed E-state index contributed by atoms with van der Waals surface area (Å²) < 4.78 is 0. The molecule has 4 heteroatoms. The fourth-order valence-corrected chi connectivity index (χ4v) is 2.49. The third-order valence-electron chi connectivity index (χ3n) is 3.53. The first-order valence-corrected chi connectivity index (χ1v) is 6.61. The molecule has 0 unspecified atom stereocenters. The third-order valence-corrected chi connectivity index (χ3v) is 3.53. The van der Waals surface area contributed by atoms with Crippen LogP contribution in [0.2, 0.25) is 0 Å². The zero-order chi connectivity index (χ0) is 13.2. The van der Waals surface area contributed by atoms with Gasteiger partial charge >= 0.3 is 0 Å². The minimum absolute atomic E-state index is 0.0379. The van der Waals surface area contributed by atoms with Crippen molar-refractivity contribution in [2.45, 2.75) is 6.92 Å². The van der Waals surface area contributed by atoms with Crippen LogP contribution in [-0.4, -0.2) is 42.0 Å². The van der Waals surface area contributed by atoms with Crippen molar-refractivity contribution >= 4 is 16.7 Å². The van der Waals surface area contributed by atoms with Crippen LogP contribution in [0.5, 0.6) is 0 Å². The van der Waals surface area contributed by atoms with Crippen LogP contribution in [0.1, 0.15) is 16.1 Å². The maximum Gasteiger partial charge on any atom is 0.273 e. The molecular weight excluding hydrogens is 238 g/mol. The number of pyridine rings is 1. The summed E-state index contributed by atoms with van der Waals surface area (Å²) in [5, 5.41) is 5.27. The van der Waals surface area contributed by atoms with E-state index in [2.05, 4.69) is 23.3 Å². The molecule has 2 aromatic rings. The van der Waals surface area contributed by atoms with Gasteiger partial charge in [-0.2, -0.15) is 0 Å². The van der Waals surface area contributed by atoms with Crippen LogP contribution in [0.25, 0.3) is 10.8 Å². The molecule has 1 aliphatic heterocycles. The lowest BCUT2D eigenvalue weighted by molar-refractivity contribution is 0.0732. The van der Waals surface area contributed by atoms with E-state index >= 15 is 0 Å². The van der Waals surface area contributed by atoms with Gasteiger partial charge in [0.05, 0.1) is 0 Å². The van der Waals surface area contributed by atoms with Gasteiger partial charge in [-0.15, -0.1) is 0 Å². The first-order valence-electron chi connectivity index (χ1n) is 6.61. The molecule has 0 bridgehead atoms. The largest absolute Gasteiger partial charge is 0.335 e. The molecule has 1 saturated heterocycles. The van der Waals surface area contributed by atoms with Crippen LogP contribution in [0, 0.1) is 6.92 Å². The van der Waals surface area contributed by atoms with E-state index in [4.69, 9.17) is 0 Å². The van der Waals surface area contributed by atoms with Crippen molar-refractivity contribution in [3.05, 3.63) is 41.7 Å². The van der Waals surface area contributed by atoms with Gasteiger partial charge in [0, 0.05) is 37.8 Å². The SMILES string of the molecule is Cc1ccc2c(C(=O)N3CCNCC3)nccc2c1. The van der Waals surface area contributed by atoms with Gasteiger partial charge in [0.25, 0.3) is 5.91 Å². The van der Waals surface area contributed by atoms with Crippen molar-refractivity contribution in [1.82, 2.24) is 15.2 Å². The van der Waals surface area contributed by atoms with Crippen LogP contribution in [0.4, 0.5) is 0 Å². The summed E-state index contributed by atoms with van der Waals surface area (Å²) >= 11 is 0. The second-order valence-electron chi connectivity index (χ2n) is 4.93. The lowest BCUT2D eigenvalue weighted by atomic mass is 10.1. The number of aryl methyl sites for hydroxylation is 1. The smallest absolute Gasteiger partial charge is 0.273 e. The minimum Gasteiger partial charge on any atom is -0.335 e.